The zero-order valence-electron chi connectivity index (χ0n) is 11.3. The summed E-state index contributed by atoms with van der Waals surface area (Å²) in [5.74, 6) is 0. The fourth-order valence-corrected chi connectivity index (χ4v) is 2.19. The molecule has 1 fully saturated rings. The van der Waals surface area contributed by atoms with E-state index in [4.69, 9.17) is 14.6 Å². The fraction of sp³-hybridized carbons (Fsp3) is 0.571. The topological polar surface area (TPSA) is 120 Å². The lowest BCUT2D eigenvalue weighted by Gasteiger charge is -2.41. The maximum absolute atomic E-state index is 9.85. The monoisotopic (exact) mass is 300 g/mol. The number of hydrogen-bond acceptors (Lipinski definition) is 7. The number of aliphatic hydroxyl groups excluding tert-OH is 5. The summed E-state index contributed by atoms with van der Waals surface area (Å²) in [5, 5.41) is 47.9. The van der Waals surface area contributed by atoms with E-state index in [0.717, 1.165) is 5.56 Å². The molecule has 6 atom stereocenters. The first kappa shape index (κ1) is 16.3. The van der Waals surface area contributed by atoms with Crippen LogP contribution in [0.2, 0.25) is 0 Å². The van der Waals surface area contributed by atoms with Gasteiger partial charge in [0.1, 0.15) is 30.5 Å². The van der Waals surface area contributed by atoms with Crippen molar-refractivity contribution in [3.05, 3.63) is 35.9 Å². The lowest BCUT2D eigenvalue weighted by molar-refractivity contribution is -0.314. The van der Waals surface area contributed by atoms with Crippen molar-refractivity contribution in [2.45, 2.75) is 43.4 Å². The Labute approximate surface area is 122 Å². The highest BCUT2D eigenvalue weighted by molar-refractivity contribution is 5.13. The van der Waals surface area contributed by atoms with Crippen molar-refractivity contribution < 1.29 is 35.0 Å². The van der Waals surface area contributed by atoms with E-state index in [9.17, 15) is 20.4 Å². The van der Waals surface area contributed by atoms with Crippen LogP contribution < -0.4 is 0 Å². The Balaban J connectivity index is 2.00. The molecule has 1 aliphatic rings. The van der Waals surface area contributed by atoms with Gasteiger partial charge in [0.2, 0.25) is 0 Å². The third-order valence-corrected chi connectivity index (χ3v) is 3.43. The van der Waals surface area contributed by atoms with Gasteiger partial charge in [-0.25, -0.2) is 0 Å². The van der Waals surface area contributed by atoms with Gasteiger partial charge in [-0.05, 0) is 5.56 Å². The Kier molecular flexibility index (Phi) is 5.65. The second-order valence-corrected chi connectivity index (χ2v) is 4.99. The normalized spacial score (nSPS) is 34.6. The molecule has 1 aliphatic heterocycles. The molecule has 1 aromatic rings. The Morgan fingerprint density at radius 3 is 2.33 bits per heavy atom. The second-order valence-electron chi connectivity index (χ2n) is 4.99. The van der Waals surface area contributed by atoms with E-state index in [1.54, 1.807) is 0 Å². The molecule has 118 valence electrons. The largest absolute Gasteiger partial charge is 0.394 e. The molecule has 0 radical (unpaired) electrons. The summed E-state index contributed by atoms with van der Waals surface area (Å²) in [6, 6.07) is 9.14. The van der Waals surface area contributed by atoms with Gasteiger partial charge in [0, 0.05) is 0 Å². The Bertz CT molecular complexity index is 427. The highest BCUT2D eigenvalue weighted by Gasteiger charge is 2.46. The third kappa shape index (κ3) is 3.78. The van der Waals surface area contributed by atoms with Crippen LogP contribution in [0.3, 0.4) is 0 Å². The van der Waals surface area contributed by atoms with Gasteiger partial charge in [-0.1, -0.05) is 30.3 Å². The standard InChI is InChI=1S/C14H20O7/c15-6-9(16)13-11(18)10(17)12(19)14(21-13)20-7-8-4-2-1-3-5-8/h1-5,9-19H,6-7H2/t9-,10-,11+,12-,13+,14+/m1/s1. The van der Waals surface area contributed by atoms with Crippen molar-refractivity contribution in [3.8, 4) is 0 Å². The summed E-state index contributed by atoms with van der Waals surface area (Å²) >= 11 is 0. The Hall–Kier alpha value is -1.06. The van der Waals surface area contributed by atoms with Crippen LogP contribution in [0.4, 0.5) is 0 Å². The molecular weight excluding hydrogens is 280 g/mol. The maximum atomic E-state index is 9.85. The first-order chi connectivity index (χ1) is 10.0. The number of hydrogen-bond donors (Lipinski definition) is 5. The van der Waals surface area contributed by atoms with Crippen LogP contribution in [0.1, 0.15) is 5.56 Å². The molecule has 7 heteroatoms. The van der Waals surface area contributed by atoms with Crippen molar-refractivity contribution in [1.29, 1.82) is 0 Å². The highest BCUT2D eigenvalue weighted by atomic mass is 16.7. The Morgan fingerprint density at radius 2 is 1.71 bits per heavy atom. The van der Waals surface area contributed by atoms with Crippen molar-refractivity contribution in [2.24, 2.45) is 0 Å². The van der Waals surface area contributed by atoms with Gasteiger partial charge in [-0.2, -0.15) is 0 Å². The predicted octanol–water partition coefficient (Wildman–Crippen LogP) is -1.64. The molecular formula is C14H20O7. The predicted molar refractivity (Wildman–Crippen MR) is 71.0 cm³/mol. The molecule has 2 rings (SSSR count). The van der Waals surface area contributed by atoms with Gasteiger partial charge in [-0.3, -0.25) is 0 Å². The highest BCUT2D eigenvalue weighted by Crippen LogP contribution is 2.24. The molecule has 0 bridgehead atoms. The lowest BCUT2D eigenvalue weighted by Crippen LogP contribution is -2.61. The van der Waals surface area contributed by atoms with Gasteiger partial charge in [-0.15, -0.1) is 0 Å². The number of rotatable bonds is 5. The van der Waals surface area contributed by atoms with Crippen molar-refractivity contribution >= 4 is 0 Å². The van der Waals surface area contributed by atoms with Crippen LogP contribution in [-0.4, -0.2) is 68.9 Å². The zero-order valence-corrected chi connectivity index (χ0v) is 11.3. The van der Waals surface area contributed by atoms with E-state index in [0.29, 0.717) is 0 Å². The molecule has 0 amide bonds. The smallest absolute Gasteiger partial charge is 0.187 e. The maximum Gasteiger partial charge on any atom is 0.187 e. The van der Waals surface area contributed by atoms with E-state index in [1.807, 2.05) is 30.3 Å². The fourth-order valence-electron chi connectivity index (χ4n) is 2.19. The van der Waals surface area contributed by atoms with Gasteiger partial charge in [0.25, 0.3) is 0 Å². The first-order valence-electron chi connectivity index (χ1n) is 6.68. The molecule has 7 nitrogen and oxygen atoms in total. The SMILES string of the molecule is OC[C@@H](O)[C@@H]1O[C@H](OCc2ccccc2)[C@H](O)[C@H](O)[C@@H]1O. The first-order valence-corrected chi connectivity index (χ1v) is 6.68. The van der Waals surface area contributed by atoms with Crippen LogP contribution in [0, 0.1) is 0 Å². The van der Waals surface area contributed by atoms with E-state index in [1.165, 1.54) is 0 Å². The molecule has 1 heterocycles. The molecule has 0 unspecified atom stereocenters. The minimum atomic E-state index is -1.54. The Morgan fingerprint density at radius 1 is 1.05 bits per heavy atom. The minimum absolute atomic E-state index is 0.132. The minimum Gasteiger partial charge on any atom is -0.394 e. The zero-order chi connectivity index (χ0) is 15.4. The molecule has 0 aromatic heterocycles. The average molecular weight is 300 g/mol. The van der Waals surface area contributed by atoms with Gasteiger partial charge >= 0.3 is 0 Å². The van der Waals surface area contributed by atoms with Crippen molar-refractivity contribution in [3.63, 3.8) is 0 Å². The van der Waals surface area contributed by atoms with Crippen molar-refractivity contribution in [2.75, 3.05) is 6.61 Å². The molecule has 21 heavy (non-hydrogen) atoms. The third-order valence-electron chi connectivity index (χ3n) is 3.43. The van der Waals surface area contributed by atoms with E-state index >= 15 is 0 Å². The van der Waals surface area contributed by atoms with Crippen LogP contribution in [0.15, 0.2) is 30.3 Å². The van der Waals surface area contributed by atoms with E-state index < -0.39 is 43.4 Å². The van der Waals surface area contributed by atoms with E-state index in [-0.39, 0.29) is 6.61 Å². The van der Waals surface area contributed by atoms with Crippen LogP contribution in [0.25, 0.3) is 0 Å². The van der Waals surface area contributed by atoms with Crippen LogP contribution in [0.5, 0.6) is 0 Å². The van der Waals surface area contributed by atoms with Crippen molar-refractivity contribution in [1.82, 2.24) is 0 Å². The summed E-state index contributed by atoms with van der Waals surface area (Å²) in [6.45, 7) is -0.511. The summed E-state index contributed by atoms with van der Waals surface area (Å²) in [4.78, 5) is 0. The number of benzene rings is 1. The van der Waals surface area contributed by atoms with Gasteiger partial charge in [0.05, 0.1) is 13.2 Å². The number of aliphatic hydroxyl groups is 5. The summed E-state index contributed by atoms with van der Waals surface area (Å²) in [7, 11) is 0. The molecule has 1 saturated heterocycles. The lowest BCUT2D eigenvalue weighted by atomic mass is 9.95. The van der Waals surface area contributed by atoms with E-state index in [2.05, 4.69) is 0 Å². The summed E-state index contributed by atoms with van der Waals surface area (Å²) in [5.41, 5.74) is 0.841. The quantitative estimate of drug-likeness (QED) is 0.442. The molecule has 0 aliphatic carbocycles. The molecule has 0 spiro atoms. The summed E-state index contributed by atoms with van der Waals surface area (Å²) in [6.07, 6.45) is -8.34. The number of ether oxygens (including phenoxy) is 2. The van der Waals surface area contributed by atoms with Crippen LogP contribution in [-0.2, 0) is 16.1 Å². The van der Waals surface area contributed by atoms with Gasteiger partial charge < -0.3 is 35.0 Å². The molecule has 0 saturated carbocycles. The second kappa shape index (κ2) is 7.28. The molecule has 1 aromatic carbocycles. The molecule has 5 N–H and O–H groups in total. The average Bonchev–Trinajstić information content (AvgIpc) is 2.52. The van der Waals surface area contributed by atoms with Gasteiger partial charge in [0.15, 0.2) is 6.29 Å². The van der Waals surface area contributed by atoms with Crippen LogP contribution >= 0.6 is 0 Å². The summed E-state index contributed by atoms with van der Waals surface area (Å²) < 4.78 is 10.7.